The highest BCUT2D eigenvalue weighted by Gasteiger charge is 2.12. The summed E-state index contributed by atoms with van der Waals surface area (Å²) < 4.78 is 17.3. The normalized spacial score (nSPS) is 11.0. The number of carbonyl (C=O) groups excluding carboxylic acids is 2. The van der Waals surface area contributed by atoms with Crippen molar-refractivity contribution in [3.63, 3.8) is 0 Å². The van der Waals surface area contributed by atoms with E-state index in [0.717, 1.165) is 22.5 Å². The molecule has 10 heteroatoms. The van der Waals surface area contributed by atoms with Crippen molar-refractivity contribution in [2.24, 2.45) is 7.05 Å². The van der Waals surface area contributed by atoms with Crippen molar-refractivity contribution in [2.75, 3.05) is 51.0 Å². The van der Waals surface area contributed by atoms with Gasteiger partial charge in [0.1, 0.15) is 12.4 Å². The maximum atomic E-state index is 11.5. The number of aryl methyl sites for hydroxylation is 2. The van der Waals surface area contributed by atoms with Gasteiger partial charge in [-0.2, -0.15) is 0 Å². The molecule has 0 fully saturated rings. The van der Waals surface area contributed by atoms with Crippen LogP contribution in [0.2, 0.25) is 0 Å². The number of halogens is 1. The highest BCUT2D eigenvalue weighted by Crippen LogP contribution is 2.23. The van der Waals surface area contributed by atoms with Gasteiger partial charge in [0.25, 0.3) is 0 Å². The van der Waals surface area contributed by atoms with Crippen molar-refractivity contribution in [1.29, 1.82) is 0 Å². The second-order valence-corrected chi connectivity index (χ2v) is 7.48. The van der Waals surface area contributed by atoms with Gasteiger partial charge < -0.3 is 28.8 Å². The van der Waals surface area contributed by atoms with E-state index < -0.39 is 4.88 Å². The second-order valence-electron chi connectivity index (χ2n) is 6.83. The van der Waals surface area contributed by atoms with E-state index in [1.807, 2.05) is 34.7 Å². The number of rotatable bonds is 14. The van der Waals surface area contributed by atoms with E-state index >= 15 is 0 Å². The molecule has 0 aliphatic heterocycles. The van der Waals surface area contributed by atoms with Crippen LogP contribution in [0.5, 0.6) is 0 Å². The summed E-state index contributed by atoms with van der Waals surface area (Å²) in [6.07, 6.45) is 1.75. The fraction of sp³-hybridized carbons (Fsp3) is 0.571. The lowest BCUT2D eigenvalue weighted by Gasteiger charge is -2.24. The lowest BCUT2D eigenvalue weighted by atomic mass is 10.2. The Morgan fingerprint density at radius 3 is 2.71 bits per heavy atom. The van der Waals surface area contributed by atoms with Crippen molar-refractivity contribution in [3.8, 4) is 0 Å². The van der Waals surface area contributed by atoms with Gasteiger partial charge in [0.15, 0.2) is 0 Å². The summed E-state index contributed by atoms with van der Waals surface area (Å²) >= 11 is 2.69. The van der Waals surface area contributed by atoms with E-state index in [0.29, 0.717) is 52.2 Å². The number of hydrogen-bond acceptors (Lipinski definition) is 8. The molecular formula is C21H30BrN3O6. The molecule has 1 N–H and O–H groups in total. The SMILES string of the molecule is CCOC(=O)CCCc1nc2cc(N(CCO)CCOCCOC(=O)Br)ccc2n1C. The minimum atomic E-state index is -0.512. The van der Waals surface area contributed by atoms with E-state index in [4.69, 9.17) is 19.2 Å². The summed E-state index contributed by atoms with van der Waals surface area (Å²) in [7, 11) is 1.97. The Hall–Kier alpha value is -2.17. The Labute approximate surface area is 190 Å². The van der Waals surface area contributed by atoms with Gasteiger partial charge in [-0.3, -0.25) is 4.79 Å². The molecule has 0 radical (unpaired) electrons. The van der Waals surface area contributed by atoms with Gasteiger partial charge in [-0.05, 0) is 31.5 Å². The number of carbonyl (C=O) groups is 2. The molecule has 1 aromatic heterocycles. The van der Waals surface area contributed by atoms with Crippen LogP contribution in [-0.4, -0.2) is 71.6 Å². The van der Waals surface area contributed by atoms with Gasteiger partial charge in [0, 0.05) is 54.6 Å². The predicted octanol–water partition coefficient (Wildman–Crippen LogP) is 2.81. The highest BCUT2D eigenvalue weighted by molar-refractivity contribution is 9.18. The fourth-order valence-electron chi connectivity index (χ4n) is 3.23. The largest absolute Gasteiger partial charge is 0.466 e. The molecule has 0 aliphatic rings. The number of fused-ring (bicyclic) bond motifs is 1. The minimum Gasteiger partial charge on any atom is -0.466 e. The molecule has 0 amide bonds. The van der Waals surface area contributed by atoms with Crippen molar-refractivity contribution in [1.82, 2.24) is 9.55 Å². The van der Waals surface area contributed by atoms with Gasteiger partial charge in [0.05, 0.1) is 37.5 Å². The molecule has 9 nitrogen and oxygen atoms in total. The zero-order valence-corrected chi connectivity index (χ0v) is 19.6. The molecule has 0 spiro atoms. The molecule has 2 aromatic rings. The number of hydrogen-bond donors (Lipinski definition) is 1. The van der Waals surface area contributed by atoms with E-state index in [1.165, 1.54) is 0 Å². The topological polar surface area (TPSA) is 103 Å². The molecule has 1 aromatic carbocycles. The van der Waals surface area contributed by atoms with Crippen molar-refractivity contribution in [3.05, 3.63) is 24.0 Å². The van der Waals surface area contributed by atoms with Crippen molar-refractivity contribution < 1.29 is 28.9 Å². The molecule has 0 saturated carbocycles. The summed E-state index contributed by atoms with van der Waals surface area (Å²) in [5.41, 5.74) is 2.80. The van der Waals surface area contributed by atoms with Crippen LogP contribution in [0.25, 0.3) is 11.0 Å². The quantitative estimate of drug-likeness (QED) is 0.240. The Kier molecular flexibility index (Phi) is 10.8. The highest BCUT2D eigenvalue weighted by atomic mass is 79.9. The molecular weight excluding hydrogens is 470 g/mol. The molecule has 0 atom stereocenters. The van der Waals surface area contributed by atoms with Gasteiger partial charge in [-0.25, -0.2) is 9.78 Å². The lowest BCUT2D eigenvalue weighted by Crippen LogP contribution is -2.30. The van der Waals surface area contributed by atoms with Crippen LogP contribution in [0.3, 0.4) is 0 Å². The van der Waals surface area contributed by atoms with Crippen LogP contribution < -0.4 is 4.90 Å². The average Bonchev–Trinajstić information content (AvgIpc) is 3.04. The van der Waals surface area contributed by atoms with Gasteiger partial charge >= 0.3 is 10.8 Å². The van der Waals surface area contributed by atoms with E-state index in [1.54, 1.807) is 6.92 Å². The molecule has 31 heavy (non-hydrogen) atoms. The minimum absolute atomic E-state index is 0.0144. The first kappa shape index (κ1) is 25.1. The average molecular weight is 500 g/mol. The van der Waals surface area contributed by atoms with E-state index in [2.05, 4.69) is 15.9 Å². The third-order valence-electron chi connectivity index (χ3n) is 4.73. The Morgan fingerprint density at radius 1 is 1.19 bits per heavy atom. The molecule has 0 saturated heterocycles. The smallest absolute Gasteiger partial charge is 0.374 e. The third kappa shape index (κ3) is 8.12. The fourth-order valence-corrected chi connectivity index (χ4v) is 3.39. The van der Waals surface area contributed by atoms with Crippen LogP contribution >= 0.6 is 15.9 Å². The van der Waals surface area contributed by atoms with Crippen LogP contribution in [0.15, 0.2) is 18.2 Å². The number of imidazole rings is 1. The van der Waals surface area contributed by atoms with Gasteiger partial charge in [-0.15, -0.1) is 0 Å². The number of nitrogens with zero attached hydrogens (tertiary/aromatic N) is 3. The van der Waals surface area contributed by atoms with Gasteiger partial charge in [0.2, 0.25) is 0 Å². The van der Waals surface area contributed by atoms with E-state index in [-0.39, 0.29) is 19.2 Å². The lowest BCUT2D eigenvalue weighted by molar-refractivity contribution is -0.143. The summed E-state index contributed by atoms with van der Waals surface area (Å²) in [4.78, 5) is 28.5. The maximum Gasteiger partial charge on any atom is 0.374 e. The molecule has 2 rings (SSSR count). The number of ether oxygens (including phenoxy) is 3. The maximum absolute atomic E-state index is 11.5. The third-order valence-corrected chi connectivity index (χ3v) is 4.96. The summed E-state index contributed by atoms with van der Waals surface area (Å²) in [6.45, 7) is 4.17. The van der Waals surface area contributed by atoms with Crippen LogP contribution in [0.4, 0.5) is 10.5 Å². The van der Waals surface area contributed by atoms with Crippen molar-refractivity contribution >= 4 is 43.5 Å². The Bertz CT molecular complexity index is 857. The predicted molar refractivity (Wildman–Crippen MR) is 121 cm³/mol. The zero-order chi connectivity index (χ0) is 22.6. The number of benzene rings is 1. The standard InChI is InChI=1S/C21H30BrN3O6/c1-3-30-20(27)6-4-5-19-23-17-15-16(7-8-18(17)24(19)2)25(9-11-26)10-12-29-13-14-31-21(22)28/h7-8,15,26H,3-6,9-14H2,1-2H3. The zero-order valence-electron chi connectivity index (χ0n) is 18.0. The van der Waals surface area contributed by atoms with Crippen LogP contribution in [0.1, 0.15) is 25.6 Å². The van der Waals surface area contributed by atoms with Crippen LogP contribution in [-0.2, 0) is 32.5 Å². The molecule has 172 valence electrons. The van der Waals surface area contributed by atoms with Gasteiger partial charge in [-0.1, -0.05) is 0 Å². The molecule has 1 heterocycles. The Balaban J connectivity index is 1.98. The summed E-state index contributed by atoms with van der Waals surface area (Å²) in [5, 5.41) is 9.44. The number of esters is 1. The van der Waals surface area contributed by atoms with Crippen molar-refractivity contribution in [2.45, 2.75) is 26.2 Å². The first-order chi connectivity index (χ1) is 15.0. The monoisotopic (exact) mass is 499 g/mol. The van der Waals surface area contributed by atoms with Crippen LogP contribution in [0, 0.1) is 0 Å². The number of aliphatic hydroxyl groups is 1. The molecule has 0 bridgehead atoms. The number of aromatic nitrogens is 2. The first-order valence-electron chi connectivity index (χ1n) is 10.3. The summed E-state index contributed by atoms with van der Waals surface area (Å²) in [6, 6.07) is 5.99. The van der Waals surface area contributed by atoms with E-state index in [9.17, 15) is 14.7 Å². The first-order valence-corrected chi connectivity index (χ1v) is 11.1. The Morgan fingerprint density at radius 2 is 2.00 bits per heavy atom. The second kappa shape index (κ2) is 13.3. The molecule has 0 unspecified atom stereocenters. The summed E-state index contributed by atoms with van der Waals surface area (Å²) in [5.74, 6) is 0.727. The number of anilines is 1. The molecule has 0 aliphatic carbocycles. The number of aliphatic hydroxyl groups excluding tert-OH is 1.